The molecule has 1 N–H and O–H groups in total. The van der Waals surface area contributed by atoms with Crippen LogP contribution >= 0.6 is 11.8 Å². The number of thioether (sulfide) groups is 1. The molecule has 21 heavy (non-hydrogen) atoms. The van der Waals surface area contributed by atoms with E-state index in [1.165, 1.54) is 5.56 Å². The molecule has 1 aromatic rings. The van der Waals surface area contributed by atoms with Gasteiger partial charge in [0, 0.05) is 24.1 Å². The zero-order chi connectivity index (χ0) is 14.7. The summed E-state index contributed by atoms with van der Waals surface area (Å²) in [6, 6.07) is 10.8. The van der Waals surface area contributed by atoms with Gasteiger partial charge in [0.25, 0.3) is 0 Å². The lowest BCUT2D eigenvalue weighted by Gasteiger charge is -2.44. The standard InChI is InChI=1S/C17H24N2OS/c1-14-13-21-12-11-19(14)16(20)17(7-9-18-10-8-17)15-5-3-2-4-6-15/h2-6,14,18H,7-13H2,1H3. The van der Waals surface area contributed by atoms with E-state index in [0.717, 1.165) is 44.0 Å². The van der Waals surface area contributed by atoms with Gasteiger partial charge in [0.1, 0.15) is 0 Å². The van der Waals surface area contributed by atoms with E-state index in [4.69, 9.17) is 0 Å². The molecule has 1 aromatic carbocycles. The fourth-order valence-corrected chi connectivity index (χ4v) is 4.55. The van der Waals surface area contributed by atoms with E-state index in [9.17, 15) is 4.79 Å². The lowest BCUT2D eigenvalue weighted by atomic mass is 9.72. The second kappa shape index (κ2) is 6.41. The first-order chi connectivity index (χ1) is 10.2. The first kappa shape index (κ1) is 14.9. The highest BCUT2D eigenvalue weighted by Crippen LogP contribution is 2.36. The smallest absolute Gasteiger partial charge is 0.233 e. The molecule has 2 aliphatic heterocycles. The molecule has 0 radical (unpaired) electrons. The minimum atomic E-state index is -0.317. The Kier molecular flexibility index (Phi) is 4.55. The van der Waals surface area contributed by atoms with Gasteiger partial charge in [-0.2, -0.15) is 11.8 Å². The van der Waals surface area contributed by atoms with Gasteiger partial charge in [0.2, 0.25) is 5.91 Å². The predicted molar refractivity (Wildman–Crippen MR) is 88.7 cm³/mol. The van der Waals surface area contributed by atoms with Gasteiger partial charge in [0.15, 0.2) is 0 Å². The van der Waals surface area contributed by atoms with Crippen LogP contribution in [-0.4, -0.2) is 48.0 Å². The van der Waals surface area contributed by atoms with Gasteiger partial charge in [-0.3, -0.25) is 4.79 Å². The van der Waals surface area contributed by atoms with Crippen LogP contribution < -0.4 is 5.32 Å². The summed E-state index contributed by atoms with van der Waals surface area (Å²) in [5.74, 6) is 2.48. The van der Waals surface area contributed by atoms with Gasteiger partial charge in [-0.25, -0.2) is 0 Å². The third kappa shape index (κ3) is 2.84. The first-order valence-electron chi connectivity index (χ1n) is 7.89. The summed E-state index contributed by atoms with van der Waals surface area (Å²) in [5, 5.41) is 3.40. The molecule has 0 spiro atoms. The van der Waals surface area contributed by atoms with Crippen LogP contribution in [0.3, 0.4) is 0 Å². The maximum Gasteiger partial charge on any atom is 0.233 e. The third-order valence-corrected chi connectivity index (χ3v) is 6.01. The van der Waals surface area contributed by atoms with E-state index in [-0.39, 0.29) is 5.41 Å². The van der Waals surface area contributed by atoms with Crippen LogP contribution in [0.4, 0.5) is 0 Å². The van der Waals surface area contributed by atoms with E-state index in [1.54, 1.807) is 0 Å². The molecule has 0 aliphatic carbocycles. The number of piperidine rings is 1. The molecule has 2 fully saturated rings. The Hall–Kier alpha value is -1.00. The molecule has 1 atom stereocenters. The van der Waals surface area contributed by atoms with Crippen LogP contribution in [0, 0.1) is 0 Å². The molecule has 2 saturated heterocycles. The second-order valence-corrected chi connectivity index (χ2v) is 7.27. The van der Waals surface area contributed by atoms with Gasteiger partial charge >= 0.3 is 0 Å². The molecule has 2 heterocycles. The van der Waals surface area contributed by atoms with Crippen molar-refractivity contribution in [3.05, 3.63) is 35.9 Å². The number of hydrogen-bond acceptors (Lipinski definition) is 3. The monoisotopic (exact) mass is 304 g/mol. The van der Waals surface area contributed by atoms with E-state index >= 15 is 0 Å². The maximum absolute atomic E-state index is 13.4. The highest BCUT2D eigenvalue weighted by Gasteiger charge is 2.44. The van der Waals surface area contributed by atoms with Crippen LogP contribution in [0.2, 0.25) is 0 Å². The molecule has 114 valence electrons. The van der Waals surface area contributed by atoms with E-state index in [0.29, 0.717) is 11.9 Å². The van der Waals surface area contributed by atoms with Crippen LogP contribution in [0.15, 0.2) is 30.3 Å². The Labute approximate surface area is 131 Å². The van der Waals surface area contributed by atoms with Crippen LogP contribution in [0.25, 0.3) is 0 Å². The number of rotatable bonds is 2. The minimum absolute atomic E-state index is 0.317. The number of carbonyl (C=O) groups is 1. The Balaban J connectivity index is 1.93. The largest absolute Gasteiger partial charge is 0.338 e. The number of carbonyl (C=O) groups excluding carboxylic acids is 1. The van der Waals surface area contributed by atoms with Crippen LogP contribution in [0.1, 0.15) is 25.3 Å². The van der Waals surface area contributed by atoms with Crippen molar-refractivity contribution >= 4 is 17.7 Å². The predicted octanol–water partition coefficient (Wildman–Crippen LogP) is 2.27. The molecule has 0 saturated carbocycles. The van der Waals surface area contributed by atoms with E-state index < -0.39 is 0 Å². The number of nitrogens with zero attached hydrogens (tertiary/aromatic N) is 1. The fraction of sp³-hybridized carbons (Fsp3) is 0.588. The number of hydrogen-bond donors (Lipinski definition) is 1. The fourth-order valence-electron chi connectivity index (χ4n) is 3.54. The SMILES string of the molecule is CC1CSCCN1C(=O)C1(c2ccccc2)CCNCC1. The molecule has 1 unspecified atom stereocenters. The summed E-state index contributed by atoms with van der Waals surface area (Å²) in [6.45, 7) is 4.94. The van der Waals surface area contributed by atoms with Crippen molar-refractivity contribution in [2.75, 3.05) is 31.1 Å². The number of nitrogens with one attached hydrogen (secondary N) is 1. The van der Waals surface area contributed by atoms with Crippen molar-refractivity contribution in [2.45, 2.75) is 31.2 Å². The molecule has 0 bridgehead atoms. The van der Waals surface area contributed by atoms with Crippen LogP contribution in [0.5, 0.6) is 0 Å². The maximum atomic E-state index is 13.4. The van der Waals surface area contributed by atoms with Crippen molar-refractivity contribution in [3.8, 4) is 0 Å². The molecule has 3 rings (SSSR count). The Bertz CT molecular complexity index is 485. The van der Waals surface area contributed by atoms with Gasteiger partial charge in [-0.05, 0) is 38.4 Å². The summed E-state index contributed by atoms with van der Waals surface area (Å²) in [6.07, 6.45) is 1.82. The van der Waals surface area contributed by atoms with Crippen molar-refractivity contribution in [1.82, 2.24) is 10.2 Å². The highest BCUT2D eigenvalue weighted by molar-refractivity contribution is 7.99. The molecule has 3 nitrogen and oxygen atoms in total. The summed E-state index contributed by atoms with van der Waals surface area (Å²) in [7, 11) is 0. The minimum Gasteiger partial charge on any atom is -0.338 e. The van der Waals surface area contributed by atoms with Crippen molar-refractivity contribution in [3.63, 3.8) is 0 Å². The molecule has 4 heteroatoms. The molecular formula is C17H24N2OS. The quantitative estimate of drug-likeness (QED) is 0.910. The van der Waals surface area contributed by atoms with E-state index in [1.807, 2.05) is 17.8 Å². The molecular weight excluding hydrogens is 280 g/mol. The first-order valence-corrected chi connectivity index (χ1v) is 9.04. The third-order valence-electron chi connectivity index (χ3n) is 4.82. The Morgan fingerprint density at radius 1 is 1.29 bits per heavy atom. The molecule has 0 aromatic heterocycles. The lowest BCUT2D eigenvalue weighted by Crippen LogP contribution is -2.56. The topological polar surface area (TPSA) is 32.3 Å². The summed E-state index contributed by atoms with van der Waals surface area (Å²) < 4.78 is 0. The summed E-state index contributed by atoms with van der Waals surface area (Å²) in [5.41, 5.74) is 0.880. The zero-order valence-electron chi connectivity index (χ0n) is 12.7. The van der Waals surface area contributed by atoms with Gasteiger partial charge in [-0.1, -0.05) is 30.3 Å². The number of benzene rings is 1. The zero-order valence-corrected chi connectivity index (χ0v) is 13.5. The van der Waals surface area contributed by atoms with Gasteiger partial charge < -0.3 is 10.2 Å². The Morgan fingerprint density at radius 2 is 2.00 bits per heavy atom. The normalized spacial score (nSPS) is 25.6. The Morgan fingerprint density at radius 3 is 2.67 bits per heavy atom. The van der Waals surface area contributed by atoms with Gasteiger partial charge in [0.05, 0.1) is 5.41 Å². The average Bonchev–Trinajstić information content (AvgIpc) is 2.56. The van der Waals surface area contributed by atoms with Crippen LogP contribution in [-0.2, 0) is 10.2 Å². The van der Waals surface area contributed by atoms with Crippen molar-refractivity contribution < 1.29 is 4.79 Å². The second-order valence-electron chi connectivity index (χ2n) is 6.12. The molecule has 1 amide bonds. The van der Waals surface area contributed by atoms with E-state index in [2.05, 4.69) is 41.4 Å². The lowest BCUT2D eigenvalue weighted by molar-refractivity contribution is -0.140. The van der Waals surface area contributed by atoms with Gasteiger partial charge in [-0.15, -0.1) is 0 Å². The molecule has 2 aliphatic rings. The summed E-state index contributed by atoms with van der Waals surface area (Å²) >= 11 is 1.96. The van der Waals surface area contributed by atoms with Crippen molar-refractivity contribution in [2.24, 2.45) is 0 Å². The summed E-state index contributed by atoms with van der Waals surface area (Å²) in [4.78, 5) is 15.5. The average molecular weight is 304 g/mol. The highest BCUT2D eigenvalue weighted by atomic mass is 32.2. The number of amides is 1. The van der Waals surface area contributed by atoms with Crippen molar-refractivity contribution in [1.29, 1.82) is 0 Å².